The number of carbonyl (C=O) groups is 2. The Morgan fingerprint density at radius 3 is 3.06 bits per heavy atom. The van der Waals surface area contributed by atoms with Gasteiger partial charge in [0.1, 0.15) is 11.4 Å². The number of fused-ring (bicyclic) bond motifs is 3. The van der Waals surface area contributed by atoms with Crippen LogP contribution in [0.5, 0.6) is 0 Å². The monoisotopic (exact) mass is 263 g/mol. The number of hydrogen-bond donors (Lipinski definition) is 0. The molecule has 2 aliphatic rings. The molecule has 2 heterocycles. The van der Waals surface area contributed by atoms with Gasteiger partial charge in [-0.2, -0.15) is 0 Å². The average molecular weight is 263 g/mol. The molecule has 2 aliphatic heterocycles. The van der Waals surface area contributed by atoms with Crippen molar-refractivity contribution in [1.29, 1.82) is 0 Å². The van der Waals surface area contributed by atoms with Crippen LogP contribution in [0.3, 0.4) is 0 Å². The highest BCUT2D eigenvalue weighted by Gasteiger charge is 2.48. The molecule has 1 aromatic rings. The molecule has 5 heteroatoms. The number of esters is 1. The third-order valence-electron chi connectivity index (χ3n) is 3.25. The van der Waals surface area contributed by atoms with Crippen LogP contribution in [0.15, 0.2) is 24.3 Å². The van der Waals surface area contributed by atoms with Crippen molar-refractivity contribution in [3.8, 4) is 0 Å². The molecule has 0 saturated carbocycles. The molecule has 4 nitrogen and oxygen atoms in total. The Morgan fingerprint density at radius 1 is 1.50 bits per heavy atom. The molecular formula is C13H13NO3S. The zero-order valence-corrected chi connectivity index (χ0v) is 10.8. The molecule has 0 N–H and O–H groups in total. The first-order chi connectivity index (χ1) is 8.74. The highest BCUT2D eigenvalue weighted by Crippen LogP contribution is 2.48. The van der Waals surface area contributed by atoms with E-state index < -0.39 is 6.04 Å². The van der Waals surface area contributed by atoms with Crippen LogP contribution in [-0.4, -0.2) is 35.2 Å². The average Bonchev–Trinajstić information content (AvgIpc) is 2.92. The van der Waals surface area contributed by atoms with E-state index in [0.717, 1.165) is 5.56 Å². The van der Waals surface area contributed by atoms with Gasteiger partial charge in [0, 0.05) is 11.3 Å². The van der Waals surface area contributed by atoms with Crippen molar-refractivity contribution in [2.24, 2.45) is 0 Å². The zero-order chi connectivity index (χ0) is 12.7. The van der Waals surface area contributed by atoms with Gasteiger partial charge in [-0.15, -0.1) is 11.8 Å². The summed E-state index contributed by atoms with van der Waals surface area (Å²) in [6.45, 7) is 2.12. The summed E-state index contributed by atoms with van der Waals surface area (Å²) in [5, 5.41) is -0.0249. The SMILES string of the molecule is CCOC(=O)[C@@H]1CS[C@@H]2c3ccccc3C(=O)N21. The van der Waals surface area contributed by atoms with Gasteiger partial charge in [-0.3, -0.25) is 4.79 Å². The molecule has 1 saturated heterocycles. The van der Waals surface area contributed by atoms with Gasteiger partial charge in [0.2, 0.25) is 0 Å². The summed E-state index contributed by atoms with van der Waals surface area (Å²) < 4.78 is 5.03. The fourth-order valence-electron chi connectivity index (χ4n) is 2.46. The lowest BCUT2D eigenvalue weighted by atomic mass is 10.1. The van der Waals surface area contributed by atoms with Crippen LogP contribution in [0.4, 0.5) is 0 Å². The molecule has 18 heavy (non-hydrogen) atoms. The second-order valence-electron chi connectivity index (χ2n) is 4.25. The van der Waals surface area contributed by atoms with E-state index in [4.69, 9.17) is 4.74 Å². The molecule has 1 aromatic carbocycles. The van der Waals surface area contributed by atoms with E-state index in [2.05, 4.69) is 0 Å². The Bertz CT molecular complexity index is 517. The Balaban J connectivity index is 1.93. The molecule has 0 unspecified atom stereocenters. The third kappa shape index (κ3) is 1.54. The molecule has 0 aromatic heterocycles. The topological polar surface area (TPSA) is 46.6 Å². The minimum Gasteiger partial charge on any atom is -0.464 e. The number of nitrogens with zero attached hydrogens (tertiary/aromatic N) is 1. The first-order valence-corrected chi connectivity index (χ1v) is 6.98. The largest absolute Gasteiger partial charge is 0.464 e. The van der Waals surface area contributed by atoms with Crippen molar-refractivity contribution >= 4 is 23.6 Å². The van der Waals surface area contributed by atoms with Crippen LogP contribution >= 0.6 is 11.8 Å². The summed E-state index contributed by atoms with van der Waals surface area (Å²) in [7, 11) is 0. The minimum atomic E-state index is -0.445. The molecule has 1 amide bonds. The Kier molecular flexibility index (Phi) is 2.78. The zero-order valence-electron chi connectivity index (χ0n) is 9.96. The number of hydrogen-bond acceptors (Lipinski definition) is 4. The van der Waals surface area contributed by atoms with E-state index in [-0.39, 0.29) is 17.3 Å². The van der Waals surface area contributed by atoms with Gasteiger partial charge < -0.3 is 9.64 Å². The third-order valence-corrected chi connectivity index (χ3v) is 4.56. The van der Waals surface area contributed by atoms with Gasteiger partial charge in [-0.05, 0) is 18.6 Å². The van der Waals surface area contributed by atoms with E-state index in [0.29, 0.717) is 17.9 Å². The molecule has 3 rings (SSSR count). The summed E-state index contributed by atoms with van der Waals surface area (Å²) in [6, 6.07) is 7.11. The van der Waals surface area contributed by atoms with Crippen LogP contribution in [0.1, 0.15) is 28.2 Å². The summed E-state index contributed by atoms with van der Waals surface area (Å²) >= 11 is 1.63. The number of rotatable bonds is 2. The molecule has 94 valence electrons. The molecule has 0 aliphatic carbocycles. The summed E-state index contributed by atoms with van der Waals surface area (Å²) in [5.41, 5.74) is 1.73. The second kappa shape index (κ2) is 4.31. The van der Waals surface area contributed by atoms with Gasteiger partial charge >= 0.3 is 5.97 Å². The molecule has 1 fully saturated rings. The maximum absolute atomic E-state index is 12.3. The Hall–Kier alpha value is -1.49. The summed E-state index contributed by atoms with van der Waals surface area (Å²) in [5.74, 6) is 0.260. The number of thioether (sulfide) groups is 1. The highest BCUT2D eigenvalue weighted by atomic mass is 32.2. The van der Waals surface area contributed by atoms with Gasteiger partial charge in [-0.25, -0.2) is 4.79 Å². The van der Waals surface area contributed by atoms with Crippen LogP contribution in [0, 0.1) is 0 Å². The van der Waals surface area contributed by atoms with Crippen LogP contribution < -0.4 is 0 Å². The van der Waals surface area contributed by atoms with Crippen molar-refractivity contribution in [2.75, 3.05) is 12.4 Å². The standard InChI is InChI=1S/C13H13NO3S/c1-2-17-13(16)10-7-18-12-9-6-4-3-5-8(9)11(15)14(10)12/h3-6,10,12H,2,7H2,1H3/t10-,12+/m0/s1. The van der Waals surface area contributed by atoms with E-state index in [1.807, 2.05) is 24.3 Å². The Labute approximate surface area is 109 Å². The van der Waals surface area contributed by atoms with Crippen molar-refractivity contribution in [1.82, 2.24) is 4.90 Å². The first-order valence-electron chi connectivity index (χ1n) is 5.94. The smallest absolute Gasteiger partial charge is 0.329 e. The minimum absolute atomic E-state index is 0.0249. The van der Waals surface area contributed by atoms with E-state index >= 15 is 0 Å². The van der Waals surface area contributed by atoms with Crippen molar-refractivity contribution in [3.63, 3.8) is 0 Å². The summed E-state index contributed by atoms with van der Waals surface area (Å²) in [4.78, 5) is 25.8. The lowest BCUT2D eigenvalue weighted by molar-refractivity contribution is -0.147. The maximum atomic E-state index is 12.3. The molecular weight excluding hydrogens is 250 g/mol. The van der Waals surface area contributed by atoms with Crippen molar-refractivity contribution < 1.29 is 14.3 Å². The molecule has 0 radical (unpaired) electrons. The predicted octanol–water partition coefficient (Wildman–Crippen LogP) is 1.82. The van der Waals surface area contributed by atoms with Crippen molar-refractivity contribution in [2.45, 2.75) is 18.3 Å². The normalized spacial score (nSPS) is 24.9. The molecule has 0 spiro atoms. The predicted molar refractivity (Wildman–Crippen MR) is 68.2 cm³/mol. The molecule has 0 bridgehead atoms. The summed E-state index contributed by atoms with van der Waals surface area (Å²) in [6.07, 6.45) is 0. The highest BCUT2D eigenvalue weighted by molar-refractivity contribution is 7.99. The Morgan fingerprint density at radius 2 is 2.28 bits per heavy atom. The second-order valence-corrected chi connectivity index (χ2v) is 5.37. The van der Waals surface area contributed by atoms with Gasteiger partial charge in [0.15, 0.2) is 0 Å². The molecule has 2 atom stereocenters. The van der Waals surface area contributed by atoms with Crippen LogP contribution in [-0.2, 0) is 9.53 Å². The quantitative estimate of drug-likeness (QED) is 0.764. The van der Waals surface area contributed by atoms with E-state index in [1.54, 1.807) is 23.6 Å². The first kappa shape index (κ1) is 11.6. The van der Waals surface area contributed by atoms with Gasteiger partial charge in [0.25, 0.3) is 5.91 Å². The van der Waals surface area contributed by atoms with Crippen LogP contribution in [0.2, 0.25) is 0 Å². The van der Waals surface area contributed by atoms with Crippen LogP contribution in [0.25, 0.3) is 0 Å². The number of carbonyl (C=O) groups excluding carboxylic acids is 2. The number of amides is 1. The van der Waals surface area contributed by atoms with Gasteiger partial charge in [-0.1, -0.05) is 18.2 Å². The lowest BCUT2D eigenvalue weighted by Gasteiger charge is -2.21. The number of ether oxygens (including phenoxy) is 1. The fourth-order valence-corrected chi connectivity index (χ4v) is 3.91. The number of benzene rings is 1. The lowest BCUT2D eigenvalue weighted by Crippen LogP contribution is -2.40. The maximum Gasteiger partial charge on any atom is 0.329 e. The van der Waals surface area contributed by atoms with Crippen molar-refractivity contribution in [3.05, 3.63) is 35.4 Å². The van der Waals surface area contributed by atoms with E-state index in [1.165, 1.54) is 0 Å². The fraction of sp³-hybridized carbons (Fsp3) is 0.385. The van der Waals surface area contributed by atoms with E-state index in [9.17, 15) is 9.59 Å². The van der Waals surface area contributed by atoms with Gasteiger partial charge in [0.05, 0.1) is 6.61 Å².